The Morgan fingerprint density at radius 1 is 1.56 bits per heavy atom. The molecule has 0 aliphatic rings. The zero-order valence-corrected chi connectivity index (χ0v) is 10.2. The summed E-state index contributed by atoms with van der Waals surface area (Å²) in [4.78, 5) is 0. The molecule has 6 heteroatoms. The molecule has 0 atom stereocenters. The number of sulfonamides is 1. The van der Waals surface area contributed by atoms with Crippen LogP contribution in [0.4, 0.5) is 4.39 Å². The maximum atomic E-state index is 12.8. The van der Waals surface area contributed by atoms with Gasteiger partial charge in [0.05, 0.1) is 0 Å². The van der Waals surface area contributed by atoms with Gasteiger partial charge in [-0.3, -0.25) is 0 Å². The molecule has 3 nitrogen and oxygen atoms in total. The fourth-order valence-corrected chi connectivity index (χ4v) is 1.91. The summed E-state index contributed by atoms with van der Waals surface area (Å²) in [5.41, 5.74) is 0.538. The van der Waals surface area contributed by atoms with Crippen molar-refractivity contribution < 1.29 is 12.8 Å². The van der Waals surface area contributed by atoms with Gasteiger partial charge >= 0.3 is 0 Å². The number of benzene rings is 1. The predicted octanol–water partition coefficient (Wildman–Crippen LogP) is 2.38. The Labute approximate surface area is 99.2 Å². The van der Waals surface area contributed by atoms with Crippen LogP contribution in [0.5, 0.6) is 0 Å². The summed E-state index contributed by atoms with van der Waals surface area (Å²) in [5, 5.41) is 1.05. The highest BCUT2D eigenvalue weighted by Crippen LogP contribution is 2.19. The Morgan fingerprint density at radius 2 is 2.19 bits per heavy atom. The van der Waals surface area contributed by atoms with E-state index in [1.165, 1.54) is 19.2 Å². The average molecular weight is 264 g/mol. The third-order valence-electron chi connectivity index (χ3n) is 2.05. The van der Waals surface area contributed by atoms with E-state index in [2.05, 4.69) is 6.58 Å². The highest BCUT2D eigenvalue weighted by atomic mass is 35.5. The van der Waals surface area contributed by atoms with Gasteiger partial charge in [0, 0.05) is 24.0 Å². The quantitative estimate of drug-likeness (QED) is 0.836. The predicted molar refractivity (Wildman–Crippen MR) is 62.0 cm³/mol. The molecule has 1 rings (SSSR count). The van der Waals surface area contributed by atoms with Crippen LogP contribution in [0.3, 0.4) is 0 Å². The Hall–Kier alpha value is -0.910. The van der Waals surface area contributed by atoms with Crippen LogP contribution in [0.25, 0.3) is 0 Å². The van der Waals surface area contributed by atoms with Crippen molar-refractivity contribution in [2.75, 3.05) is 7.05 Å². The first-order valence-electron chi connectivity index (χ1n) is 4.39. The van der Waals surface area contributed by atoms with Crippen molar-refractivity contribution in [1.29, 1.82) is 0 Å². The van der Waals surface area contributed by atoms with Crippen molar-refractivity contribution in [2.45, 2.75) is 6.54 Å². The number of hydrogen-bond acceptors (Lipinski definition) is 2. The van der Waals surface area contributed by atoms with Crippen molar-refractivity contribution in [3.63, 3.8) is 0 Å². The highest BCUT2D eigenvalue weighted by molar-refractivity contribution is 7.91. The second-order valence-electron chi connectivity index (χ2n) is 3.20. The van der Waals surface area contributed by atoms with Gasteiger partial charge in [-0.2, -0.15) is 4.31 Å². The van der Waals surface area contributed by atoms with Crippen molar-refractivity contribution in [1.82, 2.24) is 4.31 Å². The van der Waals surface area contributed by atoms with E-state index in [-0.39, 0.29) is 11.6 Å². The lowest BCUT2D eigenvalue weighted by Crippen LogP contribution is -2.24. The summed E-state index contributed by atoms with van der Waals surface area (Å²) >= 11 is 5.78. The van der Waals surface area contributed by atoms with Crippen molar-refractivity contribution in [2.24, 2.45) is 0 Å². The number of hydrogen-bond donors (Lipinski definition) is 0. The molecule has 0 saturated carbocycles. The molecular formula is C10H11ClFNO2S. The minimum atomic E-state index is -3.48. The maximum Gasteiger partial charge on any atom is 0.235 e. The van der Waals surface area contributed by atoms with Crippen LogP contribution in [-0.4, -0.2) is 19.8 Å². The van der Waals surface area contributed by atoms with E-state index in [4.69, 9.17) is 11.6 Å². The second-order valence-corrected chi connectivity index (χ2v) is 5.60. The lowest BCUT2D eigenvalue weighted by atomic mass is 10.2. The molecule has 0 bridgehead atoms. The van der Waals surface area contributed by atoms with Gasteiger partial charge in [-0.1, -0.05) is 24.2 Å². The van der Waals surface area contributed by atoms with Crippen LogP contribution in [0.2, 0.25) is 5.02 Å². The molecule has 16 heavy (non-hydrogen) atoms. The number of halogens is 2. The lowest BCUT2D eigenvalue weighted by Gasteiger charge is -2.15. The minimum Gasteiger partial charge on any atom is -0.208 e. The van der Waals surface area contributed by atoms with E-state index in [9.17, 15) is 12.8 Å². The molecule has 1 aromatic rings. The molecule has 1 aromatic carbocycles. The average Bonchev–Trinajstić information content (AvgIpc) is 2.22. The molecule has 0 amide bonds. The molecule has 88 valence electrons. The Kier molecular flexibility index (Phi) is 4.07. The number of nitrogens with zero attached hydrogens (tertiary/aromatic N) is 1. The summed E-state index contributed by atoms with van der Waals surface area (Å²) in [5.74, 6) is -0.456. The Balaban J connectivity index is 2.94. The van der Waals surface area contributed by atoms with Gasteiger partial charge in [-0.25, -0.2) is 12.8 Å². The standard InChI is InChI=1S/C10H11ClFNO2S/c1-3-16(14,15)13(2)7-8-4-5-9(12)6-10(8)11/h3-6H,1,7H2,2H3. The van der Waals surface area contributed by atoms with Crippen LogP contribution in [-0.2, 0) is 16.6 Å². The third kappa shape index (κ3) is 3.04. The third-order valence-corrected chi connectivity index (χ3v) is 3.82. The molecular weight excluding hydrogens is 253 g/mol. The molecule has 0 spiro atoms. The monoisotopic (exact) mass is 263 g/mol. The van der Waals surface area contributed by atoms with Crippen LogP contribution >= 0.6 is 11.6 Å². The first-order valence-corrected chi connectivity index (χ1v) is 6.27. The molecule has 0 saturated heterocycles. The van der Waals surface area contributed by atoms with Crippen LogP contribution in [0.15, 0.2) is 30.2 Å². The molecule has 0 N–H and O–H groups in total. The van der Waals surface area contributed by atoms with Gasteiger partial charge in [0.25, 0.3) is 0 Å². The fraction of sp³-hybridized carbons (Fsp3) is 0.200. The van der Waals surface area contributed by atoms with Gasteiger partial charge < -0.3 is 0 Å². The molecule has 0 aliphatic carbocycles. The maximum absolute atomic E-state index is 12.8. The summed E-state index contributed by atoms with van der Waals surface area (Å²) in [6.45, 7) is 3.29. The second kappa shape index (κ2) is 4.95. The highest BCUT2D eigenvalue weighted by Gasteiger charge is 2.15. The first kappa shape index (κ1) is 13.2. The van der Waals surface area contributed by atoms with Crippen molar-refractivity contribution in [3.05, 3.63) is 46.6 Å². The summed E-state index contributed by atoms with van der Waals surface area (Å²) in [6, 6.07) is 3.83. The van der Waals surface area contributed by atoms with Gasteiger partial charge in [-0.05, 0) is 17.7 Å². The van der Waals surface area contributed by atoms with Gasteiger partial charge in [-0.15, -0.1) is 0 Å². The summed E-state index contributed by atoms with van der Waals surface area (Å²) in [6.07, 6.45) is 0. The van der Waals surface area contributed by atoms with Gasteiger partial charge in [0.15, 0.2) is 0 Å². The zero-order chi connectivity index (χ0) is 12.3. The molecule has 0 unspecified atom stereocenters. The SMILES string of the molecule is C=CS(=O)(=O)N(C)Cc1ccc(F)cc1Cl. The molecule has 0 aromatic heterocycles. The molecule has 0 aliphatic heterocycles. The van der Waals surface area contributed by atoms with E-state index in [1.807, 2.05) is 0 Å². The van der Waals surface area contributed by atoms with Gasteiger partial charge in [0.1, 0.15) is 5.82 Å². The number of rotatable bonds is 4. The smallest absolute Gasteiger partial charge is 0.208 e. The lowest BCUT2D eigenvalue weighted by molar-refractivity contribution is 0.475. The van der Waals surface area contributed by atoms with E-state index in [1.54, 1.807) is 0 Å². The topological polar surface area (TPSA) is 37.4 Å². The van der Waals surface area contributed by atoms with Crippen LogP contribution in [0, 0.1) is 5.82 Å². The van der Waals surface area contributed by atoms with E-state index in [0.717, 1.165) is 15.8 Å². The Morgan fingerprint density at radius 3 is 2.69 bits per heavy atom. The van der Waals surface area contributed by atoms with Gasteiger partial charge in [0.2, 0.25) is 10.0 Å². The fourth-order valence-electron chi connectivity index (χ4n) is 1.11. The van der Waals surface area contributed by atoms with E-state index >= 15 is 0 Å². The van der Waals surface area contributed by atoms with E-state index in [0.29, 0.717) is 5.56 Å². The Bertz CT molecular complexity index is 502. The summed E-state index contributed by atoms with van der Waals surface area (Å²) in [7, 11) is -2.08. The normalized spacial score (nSPS) is 11.8. The van der Waals surface area contributed by atoms with Crippen LogP contribution < -0.4 is 0 Å². The molecule has 0 heterocycles. The van der Waals surface area contributed by atoms with Crippen LogP contribution in [0.1, 0.15) is 5.56 Å². The zero-order valence-electron chi connectivity index (χ0n) is 8.65. The minimum absolute atomic E-state index is 0.0769. The van der Waals surface area contributed by atoms with Crippen molar-refractivity contribution in [3.8, 4) is 0 Å². The molecule has 0 radical (unpaired) electrons. The summed E-state index contributed by atoms with van der Waals surface area (Å²) < 4.78 is 36.6. The largest absolute Gasteiger partial charge is 0.235 e. The first-order chi connectivity index (χ1) is 7.36. The van der Waals surface area contributed by atoms with Crippen molar-refractivity contribution >= 4 is 21.6 Å². The molecule has 0 fully saturated rings. The van der Waals surface area contributed by atoms with E-state index < -0.39 is 15.8 Å².